The van der Waals surface area contributed by atoms with Crippen LogP contribution >= 0.6 is 0 Å². The van der Waals surface area contributed by atoms with Crippen molar-refractivity contribution in [1.29, 1.82) is 0 Å². The van der Waals surface area contributed by atoms with E-state index >= 15 is 0 Å². The molecule has 9 heteroatoms. The molecule has 2 heterocycles. The van der Waals surface area contributed by atoms with Gasteiger partial charge in [-0.3, -0.25) is 14.3 Å². The average Bonchev–Trinajstić information content (AvgIpc) is 3.09. The van der Waals surface area contributed by atoms with Crippen molar-refractivity contribution in [3.8, 4) is 5.75 Å². The standard InChI is InChI=1S/C21H20N6O3/c1-26-17-18(27(2)21(29)24-19(17)28)23-20(26)25-22-12-14-8-10-16(11-9-14)30-13-15-6-4-3-5-7-15/h3-12H,13H2,1-2H3,(H,23,25)(H,24,28,29)/b22-12+. The summed E-state index contributed by atoms with van der Waals surface area (Å²) < 4.78 is 8.59. The molecular formula is C21H20N6O3. The molecule has 0 fully saturated rings. The Balaban J connectivity index is 1.44. The van der Waals surface area contributed by atoms with Crippen molar-refractivity contribution >= 4 is 23.3 Å². The fourth-order valence-electron chi connectivity index (χ4n) is 2.96. The summed E-state index contributed by atoms with van der Waals surface area (Å²) >= 11 is 0. The third-order valence-electron chi connectivity index (χ3n) is 4.64. The predicted octanol–water partition coefficient (Wildman–Crippen LogP) is 1.99. The molecule has 4 rings (SSSR count). The number of hydrogen-bond acceptors (Lipinski definition) is 6. The van der Waals surface area contributed by atoms with Crippen LogP contribution in [0.2, 0.25) is 0 Å². The largest absolute Gasteiger partial charge is 0.489 e. The number of hydrogen-bond donors (Lipinski definition) is 2. The van der Waals surface area contributed by atoms with Gasteiger partial charge in [-0.1, -0.05) is 30.3 Å². The molecule has 0 aliphatic carbocycles. The first kappa shape index (κ1) is 19.2. The number of aryl methyl sites for hydroxylation is 2. The van der Waals surface area contributed by atoms with Crippen LogP contribution in [-0.4, -0.2) is 25.3 Å². The van der Waals surface area contributed by atoms with Gasteiger partial charge in [0.15, 0.2) is 11.2 Å². The first-order chi connectivity index (χ1) is 14.5. The van der Waals surface area contributed by atoms with Gasteiger partial charge >= 0.3 is 5.69 Å². The summed E-state index contributed by atoms with van der Waals surface area (Å²) in [6.07, 6.45) is 1.63. The van der Waals surface area contributed by atoms with Gasteiger partial charge in [0.05, 0.1) is 6.21 Å². The Morgan fingerprint density at radius 1 is 1.07 bits per heavy atom. The quantitative estimate of drug-likeness (QED) is 0.378. The highest BCUT2D eigenvalue weighted by Gasteiger charge is 2.14. The Hall–Kier alpha value is -4.14. The maximum absolute atomic E-state index is 12.0. The smallest absolute Gasteiger partial charge is 0.329 e. The zero-order chi connectivity index (χ0) is 21.1. The van der Waals surface area contributed by atoms with Gasteiger partial charge in [-0.25, -0.2) is 10.2 Å². The van der Waals surface area contributed by atoms with Gasteiger partial charge in [-0.2, -0.15) is 10.1 Å². The molecule has 0 saturated heterocycles. The fourth-order valence-corrected chi connectivity index (χ4v) is 2.96. The third-order valence-corrected chi connectivity index (χ3v) is 4.64. The highest BCUT2D eigenvalue weighted by Crippen LogP contribution is 2.15. The summed E-state index contributed by atoms with van der Waals surface area (Å²) in [6, 6.07) is 17.5. The normalized spacial score (nSPS) is 11.3. The topological polar surface area (TPSA) is 106 Å². The second kappa shape index (κ2) is 8.08. The summed E-state index contributed by atoms with van der Waals surface area (Å²) in [5.41, 5.74) is 4.33. The number of fused-ring (bicyclic) bond motifs is 1. The number of rotatable bonds is 6. The lowest BCUT2D eigenvalue weighted by Gasteiger charge is -2.06. The van der Waals surface area contributed by atoms with E-state index in [0.29, 0.717) is 12.6 Å². The zero-order valence-electron chi connectivity index (χ0n) is 16.5. The SMILES string of the molecule is Cn1c(N/N=C/c2ccc(OCc3ccccc3)cc2)nc2c1c(=O)[nH]c(=O)n2C. The number of ether oxygens (including phenoxy) is 1. The molecule has 0 saturated carbocycles. The number of anilines is 1. The number of nitrogens with one attached hydrogen (secondary N) is 2. The van der Waals surface area contributed by atoms with E-state index in [-0.39, 0.29) is 11.2 Å². The summed E-state index contributed by atoms with van der Waals surface area (Å²) in [4.78, 5) is 30.3. The van der Waals surface area contributed by atoms with Gasteiger partial charge in [0.1, 0.15) is 12.4 Å². The number of H-pyrrole nitrogens is 1. The molecule has 0 radical (unpaired) electrons. The van der Waals surface area contributed by atoms with Gasteiger partial charge in [0, 0.05) is 14.1 Å². The van der Waals surface area contributed by atoms with Crippen LogP contribution in [0, 0.1) is 0 Å². The number of aromatic amines is 1. The number of nitrogens with zero attached hydrogens (tertiary/aromatic N) is 4. The van der Waals surface area contributed by atoms with Gasteiger partial charge < -0.3 is 9.30 Å². The van der Waals surface area contributed by atoms with Crippen molar-refractivity contribution in [3.05, 3.63) is 86.6 Å². The van der Waals surface area contributed by atoms with Crippen molar-refractivity contribution in [2.75, 3.05) is 5.43 Å². The second-order valence-electron chi connectivity index (χ2n) is 6.70. The Labute approximate surface area is 171 Å². The number of hydrazone groups is 1. The molecule has 0 bridgehead atoms. The monoisotopic (exact) mass is 404 g/mol. The number of aromatic nitrogens is 4. The lowest BCUT2D eigenvalue weighted by molar-refractivity contribution is 0.306. The fraction of sp³-hybridized carbons (Fsp3) is 0.143. The Kier molecular flexibility index (Phi) is 5.17. The molecule has 0 atom stereocenters. The van der Waals surface area contributed by atoms with Crippen molar-refractivity contribution in [1.82, 2.24) is 19.1 Å². The van der Waals surface area contributed by atoms with E-state index in [4.69, 9.17) is 4.74 Å². The van der Waals surface area contributed by atoms with Crippen molar-refractivity contribution < 1.29 is 4.74 Å². The van der Waals surface area contributed by atoms with E-state index in [9.17, 15) is 9.59 Å². The number of imidazole rings is 1. The highest BCUT2D eigenvalue weighted by atomic mass is 16.5. The summed E-state index contributed by atoms with van der Waals surface area (Å²) in [5, 5.41) is 4.17. The molecule has 9 nitrogen and oxygen atoms in total. The van der Waals surface area contributed by atoms with Crippen molar-refractivity contribution in [2.24, 2.45) is 19.2 Å². The van der Waals surface area contributed by atoms with Crippen LogP contribution in [0.4, 0.5) is 5.95 Å². The molecule has 30 heavy (non-hydrogen) atoms. The second-order valence-corrected chi connectivity index (χ2v) is 6.70. The van der Waals surface area contributed by atoms with Gasteiger partial charge in [0.25, 0.3) is 5.56 Å². The van der Waals surface area contributed by atoms with Crippen LogP contribution in [0.5, 0.6) is 5.75 Å². The molecular weight excluding hydrogens is 384 g/mol. The molecule has 0 spiro atoms. The van der Waals surface area contributed by atoms with E-state index in [2.05, 4.69) is 20.5 Å². The van der Waals surface area contributed by atoms with E-state index in [1.807, 2.05) is 54.6 Å². The third kappa shape index (κ3) is 3.86. The predicted molar refractivity (Wildman–Crippen MR) is 115 cm³/mol. The minimum absolute atomic E-state index is 0.281. The van der Waals surface area contributed by atoms with E-state index in [1.165, 1.54) is 4.57 Å². The summed E-state index contributed by atoms with van der Waals surface area (Å²) in [7, 11) is 3.22. The van der Waals surface area contributed by atoms with Gasteiger partial charge in [-0.15, -0.1) is 0 Å². The molecule has 152 valence electrons. The molecule has 0 aliphatic rings. The van der Waals surface area contributed by atoms with Crippen LogP contribution < -0.4 is 21.4 Å². The van der Waals surface area contributed by atoms with Crippen molar-refractivity contribution in [3.63, 3.8) is 0 Å². The molecule has 2 aromatic heterocycles. The Bertz CT molecular complexity index is 1320. The van der Waals surface area contributed by atoms with Crippen molar-refractivity contribution in [2.45, 2.75) is 6.61 Å². The molecule has 2 aromatic carbocycles. The maximum Gasteiger partial charge on any atom is 0.329 e. The summed E-state index contributed by atoms with van der Waals surface area (Å²) in [6.45, 7) is 0.504. The van der Waals surface area contributed by atoms with E-state index < -0.39 is 11.2 Å². The molecule has 0 amide bonds. The highest BCUT2D eigenvalue weighted by molar-refractivity contribution is 5.80. The molecule has 2 N–H and O–H groups in total. The zero-order valence-corrected chi connectivity index (χ0v) is 16.5. The average molecular weight is 404 g/mol. The summed E-state index contributed by atoms with van der Waals surface area (Å²) in [5.74, 6) is 1.11. The van der Waals surface area contributed by atoms with Gasteiger partial charge in [0.2, 0.25) is 5.95 Å². The van der Waals surface area contributed by atoms with Gasteiger partial charge in [-0.05, 0) is 35.4 Å². The number of benzene rings is 2. The maximum atomic E-state index is 12.0. The van der Waals surface area contributed by atoms with E-state index in [0.717, 1.165) is 16.9 Å². The Morgan fingerprint density at radius 3 is 2.53 bits per heavy atom. The van der Waals surface area contributed by atoms with Crippen LogP contribution in [-0.2, 0) is 20.7 Å². The minimum atomic E-state index is -0.518. The van der Waals surface area contributed by atoms with Crippen LogP contribution in [0.25, 0.3) is 11.2 Å². The van der Waals surface area contributed by atoms with Crippen LogP contribution in [0.15, 0.2) is 69.3 Å². The lowest BCUT2D eigenvalue weighted by Crippen LogP contribution is -2.29. The Morgan fingerprint density at radius 2 is 1.80 bits per heavy atom. The van der Waals surface area contributed by atoms with E-state index in [1.54, 1.807) is 24.9 Å². The first-order valence-corrected chi connectivity index (χ1v) is 9.24. The van der Waals surface area contributed by atoms with Crippen LogP contribution in [0.1, 0.15) is 11.1 Å². The molecule has 4 aromatic rings. The minimum Gasteiger partial charge on any atom is -0.489 e. The first-order valence-electron chi connectivity index (χ1n) is 9.24. The molecule has 0 aliphatic heterocycles. The lowest BCUT2D eigenvalue weighted by atomic mass is 10.2. The molecule has 0 unspecified atom stereocenters. The van der Waals surface area contributed by atoms with Crippen LogP contribution in [0.3, 0.4) is 0 Å².